The Labute approximate surface area is 207 Å². The summed E-state index contributed by atoms with van der Waals surface area (Å²) in [4.78, 5) is 24.3. The third kappa shape index (κ3) is 4.29. The topological polar surface area (TPSA) is 118 Å². The Balaban J connectivity index is 1.32. The minimum Gasteiger partial charge on any atom is -0.403 e. The lowest BCUT2D eigenvalue weighted by atomic mass is 10.0. The van der Waals surface area contributed by atoms with E-state index < -0.39 is 6.17 Å². The Morgan fingerprint density at radius 2 is 1.75 bits per heavy atom. The van der Waals surface area contributed by atoms with E-state index in [1.54, 1.807) is 12.4 Å². The van der Waals surface area contributed by atoms with Gasteiger partial charge in [-0.05, 0) is 12.1 Å². The number of pyridine rings is 1. The Hall–Kier alpha value is -4.57. The number of rotatable bonds is 5. The van der Waals surface area contributed by atoms with Crippen LogP contribution in [-0.2, 0) is 9.53 Å². The van der Waals surface area contributed by atoms with Crippen LogP contribution in [0.3, 0.4) is 0 Å². The van der Waals surface area contributed by atoms with Crippen LogP contribution in [0, 0.1) is 0 Å². The molecule has 2 aromatic heterocycles. The molecule has 4 heterocycles. The SMILES string of the molecule is O=C1Nc2ccccc2C(c2ccccc2)=N[C@@H]1Nc1nnc(-c2ccncc2N2CCOCC2)o1. The highest BCUT2D eigenvalue weighted by atomic mass is 16.5. The number of hydrogen-bond donors (Lipinski definition) is 2. The summed E-state index contributed by atoms with van der Waals surface area (Å²) in [5, 5.41) is 14.3. The van der Waals surface area contributed by atoms with Gasteiger partial charge in [0.05, 0.1) is 42.1 Å². The van der Waals surface area contributed by atoms with Crippen LogP contribution in [0.5, 0.6) is 0 Å². The summed E-state index contributed by atoms with van der Waals surface area (Å²) in [5.74, 6) is -0.00276. The maximum Gasteiger partial charge on any atom is 0.317 e. The van der Waals surface area contributed by atoms with Gasteiger partial charge in [0.15, 0.2) is 0 Å². The average Bonchev–Trinajstić information content (AvgIpc) is 3.35. The van der Waals surface area contributed by atoms with Crippen molar-refractivity contribution in [1.82, 2.24) is 15.2 Å². The molecule has 1 fully saturated rings. The lowest BCUT2D eigenvalue weighted by Crippen LogP contribution is -2.36. The number of nitrogens with zero attached hydrogens (tertiary/aromatic N) is 5. The summed E-state index contributed by atoms with van der Waals surface area (Å²) >= 11 is 0. The first kappa shape index (κ1) is 21.9. The zero-order valence-electron chi connectivity index (χ0n) is 19.3. The number of hydrogen-bond acceptors (Lipinski definition) is 9. The fraction of sp³-hybridized carbons (Fsp3) is 0.192. The van der Waals surface area contributed by atoms with Crippen LogP contribution in [-0.4, -0.2) is 59.3 Å². The lowest BCUT2D eigenvalue weighted by molar-refractivity contribution is -0.116. The smallest absolute Gasteiger partial charge is 0.317 e. The number of aliphatic imine (C=N–C) groups is 1. The predicted octanol–water partition coefficient (Wildman–Crippen LogP) is 3.20. The third-order valence-electron chi connectivity index (χ3n) is 6.06. The van der Waals surface area contributed by atoms with Gasteiger partial charge in [0.25, 0.3) is 11.8 Å². The van der Waals surface area contributed by atoms with Crippen molar-refractivity contribution in [2.75, 3.05) is 41.8 Å². The molecule has 0 radical (unpaired) electrons. The quantitative estimate of drug-likeness (QED) is 0.446. The van der Waals surface area contributed by atoms with Crippen LogP contribution in [0.25, 0.3) is 11.5 Å². The lowest BCUT2D eigenvalue weighted by Gasteiger charge is -2.29. The Bertz CT molecular complexity index is 1410. The summed E-state index contributed by atoms with van der Waals surface area (Å²) < 4.78 is 11.4. The molecule has 6 rings (SSSR count). The number of amides is 1. The molecule has 1 saturated heterocycles. The van der Waals surface area contributed by atoms with Gasteiger partial charge in [-0.2, -0.15) is 0 Å². The van der Waals surface area contributed by atoms with E-state index in [9.17, 15) is 4.79 Å². The highest BCUT2D eigenvalue weighted by Crippen LogP contribution is 2.31. The van der Waals surface area contributed by atoms with E-state index in [2.05, 4.69) is 30.7 Å². The van der Waals surface area contributed by atoms with Crippen LogP contribution < -0.4 is 15.5 Å². The summed E-state index contributed by atoms with van der Waals surface area (Å²) in [7, 11) is 0. The third-order valence-corrected chi connectivity index (χ3v) is 6.06. The molecule has 1 atom stereocenters. The number of ether oxygens (including phenoxy) is 1. The molecule has 2 N–H and O–H groups in total. The highest BCUT2D eigenvalue weighted by Gasteiger charge is 2.27. The van der Waals surface area contributed by atoms with Crippen molar-refractivity contribution in [2.24, 2.45) is 4.99 Å². The van der Waals surface area contributed by atoms with Crippen LogP contribution in [0.1, 0.15) is 11.1 Å². The number of aromatic nitrogens is 3. The van der Waals surface area contributed by atoms with Gasteiger partial charge in [-0.1, -0.05) is 53.6 Å². The zero-order valence-corrected chi connectivity index (χ0v) is 19.3. The van der Waals surface area contributed by atoms with Gasteiger partial charge in [0.1, 0.15) is 0 Å². The molecule has 2 aliphatic heterocycles. The first-order chi connectivity index (χ1) is 17.8. The van der Waals surface area contributed by atoms with Crippen LogP contribution in [0.2, 0.25) is 0 Å². The van der Waals surface area contributed by atoms with E-state index in [-0.39, 0.29) is 11.9 Å². The fourth-order valence-corrected chi connectivity index (χ4v) is 4.31. The largest absolute Gasteiger partial charge is 0.403 e. The van der Waals surface area contributed by atoms with E-state index in [4.69, 9.17) is 14.1 Å². The Kier molecular flexibility index (Phi) is 5.84. The number of nitrogens with one attached hydrogen (secondary N) is 2. The molecule has 36 heavy (non-hydrogen) atoms. The van der Waals surface area contributed by atoms with Crippen molar-refractivity contribution < 1.29 is 13.9 Å². The van der Waals surface area contributed by atoms with Crippen LogP contribution >= 0.6 is 0 Å². The average molecular weight is 482 g/mol. The van der Waals surface area contributed by atoms with Gasteiger partial charge < -0.3 is 24.7 Å². The van der Waals surface area contributed by atoms with Gasteiger partial charge in [0.2, 0.25) is 6.17 Å². The highest BCUT2D eigenvalue weighted by molar-refractivity contribution is 6.19. The second kappa shape index (κ2) is 9.59. The van der Waals surface area contributed by atoms with Crippen molar-refractivity contribution in [1.29, 1.82) is 0 Å². The van der Waals surface area contributed by atoms with E-state index >= 15 is 0 Å². The summed E-state index contributed by atoms with van der Waals surface area (Å²) in [6, 6.07) is 19.3. The molecule has 2 aliphatic rings. The number of morpholine rings is 1. The summed E-state index contributed by atoms with van der Waals surface area (Å²) in [6.45, 7) is 2.78. The minimum atomic E-state index is -0.975. The minimum absolute atomic E-state index is 0.0945. The van der Waals surface area contributed by atoms with Crippen molar-refractivity contribution in [2.45, 2.75) is 6.17 Å². The number of benzene rings is 2. The second-order valence-electron chi connectivity index (χ2n) is 8.33. The maximum atomic E-state index is 13.1. The molecule has 0 saturated carbocycles. The first-order valence-corrected chi connectivity index (χ1v) is 11.7. The van der Waals surface area contributed by atoms with E-state index in [0.717, 1.165) is 35.5 Å². The van der Waals surface area contributed by atoms with E-state index in [0.29, 0.717) is 30.5 Å². The Morgan fingerprint density at radius 3 is 2.61 bits per heavy atom. The van der Waals surface area contributed by atoms with Gasteiger partial charge in [0, 0.05) is 30.4 Å². The zero-order chi connectivity index (χ0) is 24.3. The van der Waals surface area contributed by atoms with Gasteiger partial charge >= 0.3 is 6.01 Å². The van der Waals surface area contributed by atoms with Crippen molar-refractivity contribution >= 4 is 29.0 Å². The van der Waals surface area contributed by atoms with E-state index in [1.165, 1.54) is 0 Å². The van der Waals surface area contributed by atoms with Crippen LogP contribution in [0.15, 0.2) is 82.5 Å². The molecular formula is C26H23N7O3. The van der Waals surface area contributed by atoms with E-state index in [1.807, 2.05) is 60.7 Å². The predicted molar refractivity (Wildman–Crippen MR) is 135 cm³/mol. The molecule has 0 aliphatic carbocycles. The molecule has 1 amide bonds. The first-order valence-electron chi connectivity index (χ1n) is 11.7. The number of anilines is 3. The number of fused-ring (bicyclic) bond motifs is 1. The molecular weight excluding hydrogens is 458 g/mol. The Morgan fingerprint density at radius 1 is 0.944 bits per heavy atom. The van der Waals surface area contributed by atoms with Gasteiger partial charge in [-0.15, -0.1) is 5.10 Å². The molecule has 10 heteroatoms. The van der Waals surface area contributed by atoms with Crippen molar-refractivity contribution in [3.05, 3.63) is 84.2 Å². The monoisotopic (exact) mass is 481 g/mol. The fourth-order valence-electron chi connectivity index (χ4n) is 4.31. The molecule has 0 unspecified atom stereocenters. The van der Waals surface area contributed by atoms with Crippen LogP contribution in [0.4, 0.5) is 17.4 Å². The summed E-state index contributed by atoms with van der Waals surface area (Å²) in [5.41, 5.74) is 4.76. The number of benzodiazepines with no additional fused rings is 1. The molecule has 10 nitrogen and oxygen atoms in total. The van der Waals surface area contributed by atoms with Gasteiger partial charge in [-0.3, -0.25) is 9.78 Å². The molecule has 2 aromatic carbocycles. The van der Waals surface area contributed by atoms with Crippen molar-refractivity contribution in [3.8, 4) is 11.5 Å². The number of carbonyl (C=O) groups is 1. The van der Waals surface area contributed by atoms with Crippen molar-refractivity contribution in [3.63, 3.8) is 0 Å². The summed E-state index contributed by atoms with van der Waals surface area (Å²) in [6.07, 6.45) is 2.49. The molecule has 0 bridgehead atoms. The maximum absolute atomic E-state index is 13.1. The molecule has 4 aromatic rings. The van der Waals surface area contributed by atoms with Gasteiger partial charge in [-0.25, -0.2) is 4.99 Å². The number of para-hydroxylation sites is 1. The molecule has 0 spiro atoms. The normalized spacial score (nSPS) is 17.6. The second-order valence-corrected chi connectivity index (χ2v) is 8.33. The molecule has 180 valence electrons. The standard InChI is InChI=1S/C26H23N7O3/c34-24-23(29-22(17-6-2-1-3-7-17)18-8-4-5-9-20(18)28-24)30-26-32-31-25(36-26)19-10-11-27-16-21(19)33-12-14-35-15-13-33/h1-11,16,23H,12-15H2,(H,28,34)(H,30,32)/t23-/m1/s1. The number of carbonyl (C=O) groups excluding carboxylic acids is 1.